The molecule has 3 N–H and O–H groups in total. The van der Waals surface area contributed by atoms with E-state index in [0.29, 0.717) is 24.2 Å². The van der Waals surface area contributed by atoms with Gasteiger partial charge in [0.25, 0.3) is 0 Å². The summed E-state index contributed by atoms with van der Waals surface area (Å²) in [4.78, 5) is 22.8. The molecule has 2 aliphatic carbocycles. The number of aromatic nitrogens is 3. The van der Waals surface area contributed by atoms with E-state index in [1.54, 1.807) is 0 Å². The van der Waals surface area contributed by atoms with E-state index in [2.05, 4.69) is 44.1 Å². The summed E-state index contributed by atoms with van der Waals surface area (Å²) in [7, 11) is 0. The normalized spacial score (nSPS) is 16.4. The van der Waals surface area contributed by atoms with Crippen molar-refractivity contribution in [2.45, 2.75) is 77.3 Å². The van der Waals surface area contributed by atoms with Crippen LogP contribution in [0.15, 0.2) is 48.8 Å². The second-order valence-corrected chi connectivity index (χ2v) is 10.2. The van der Waals surface area contributed by atoms with Gasteiger partial charge in [-0.3, -0.25) is 4.79 Å². The Kier molecular flexibility index (Phi) is 7.84. The molecular weight excluding hydrogens is 448 g/mol. The van der Waals surface area contributed by atoms with Crippen molar-refractivity contribution in [2.75, 3.05) is 17.2 Å². The van der Waals surface area contributed by atoms with E-state index in [4.69, 9.17) is 0 Å². The number of amides is 1. The summed E-state index contributed by atoms with van der Waals surface area (Å²) in [5.41, 5.74) is 4.07. The number of nitrogens with one attached hydrogen (secondary N) is 3. The van der Waals surface area contributed by atoms with Gasteiger partial charge in [0.05, 0.1) is 0 Å². The Morgan fingerprint density at radius 3 is 2.64 bits per heavy atom. The van der Waals surface area contributed by atoms with Gasteiger partial charge in [-0.15, -0.1) is 0 Å². The van der Waals surface area contributed by atoms with Crippen LogP contribution in [0.4, 0.5) is 11.8 Å². The summed E-state index contributed by atoms with van der Waals surface area (Å²) in [5.74, 6) is 2.58. The lowest BCUT2D eigenvalue weighted by molar-refractivity contribution is -0.122. The van der Waals surface area contributed by atoms with Crippen molar-refractivity contribution in [1.82, 2.24) is 19.9 Å². The molecule has 36 heavy (non-hydrogen) atoms. The zero-order chi connectivity index (χ0) is 24.7. The molecule has 1 saturated carbocycles. The highest BCUT2D eigenvalue weighted by molar-refractivity contribution is 5.84. The fourth-order valence-electron chi connectivity index (χ4n) is 5.58. The van der Waals surface area contributed by atoms with Gasteiger partial charge in [0.15, 0.2) is 0 Å². The lowest BCUT2D eigenvalue weighted by Gasteiger charge is -2.27. The molecule has 1 amide bonds. The number of fused-ring (bicyclic) bond motifs is 1. The summed E-state index contributed by atoms with van der Waals surface area (Å²) in [6.07, 6.45) is 14.5. The quantitative estimate of drug-likeness (QED) is 0.364. The second-order valence-electron chi connectivity index (χ2n) is 10.2. The van der Waals surface area contributed by atoms with E-state index >= 15 is 0 Å². The van der Waals surface area contributed by atoms with Crippen molar-refractivity contribution in [3.05, 3.63) is 65.5 Å². The molecule has 2 heterocycles. The largest absolute Gasteiger partial charge is 0.358 e. The molecule has 0 unspecified atom stereocenters. The summed E-state index contributed by atoms with van der Waals surface area (Å²) >= 11 is 0. The predicted octanol–water partition coefficient (Wildman–Crippen LogP) is 5.26. The van der Waals surface area contributed by atoms with Crippen LogP contribution >= 0.6 is 0 Å². The molecule has 0 saturated heterocycles. The molecule has 7 heteroatoms. The second kappa shape index (κ2) is 11.6. The number of carbonyl (C=O) groups excluding carboxylic acids is 1. The lowest BCUT2D eigenvalue weighted by atomic mass is 9.84. The fourth-order valence-corrected chi connectivity index (χ4v) is 5.58. The number of hydrogen-bond acceptors (Lipinski definition) is 5. The van der Waals surface area contributed by atoms with Gasteiger partial charge < -0.3 is 20.5 Å². The number of carbonyl (C=O) groups is 1. The smallest absolute Gasteiger partial charge is 0.242 e. The summed E-state index contributed by atoms with van der Waals surface area (Å²) < 4.78 is 1.96. The standard InChI is InChI=1S/C29H38N6O/c1-2-30-29-33-26(19-27(34-29)35-15-6-7-16-35)32-25(18-21-9-4-3-5-10-21)28(36)31-20-22-13-14-23-11-8-12-24(23)17-22/h6-7,13-17,19,21,25H,2-5,8-12,18,20H2,1H3,(H,31,36)(H2,30,32,33,34)/t25-/m1/s1. The van der Waals surface area contributed by atoms with Crippen LogP contribution in [0.2, 0.25) is 0 Å². The third-order valence-corrected chi connectivity index (χ3v) is 7.48. The van der Waals surface area contributed by atoms with Gasteiger partial charge >= 0.3 is 0 Å². The van der Waals surface area contributed by atoms with E-state index in [1.165, 1.54) is 61.6 Å². The first kappa shape index (κ1) is 24.3. The molecule has 7 nitrogen and oxygen atoms in total. The van der Waals surface area contributed by atoms with Gasteiger partial charge in [0.1, 0.15) is 17.7 Å². The highest BCUT2D eigenvalue weighted by Crippen LogP contribution is 2.29. The third-order valence-electron chi connectivity index (χ3n) is 7.48. The number of aryl methyl sites for hydroxylation is 2. The zero-order valence-electron chi connectivity index (χ0n) is 21.3. The Morgan fingerprint density at radius 2 is 1.83 bits per heavy atom. The van der Waals surface area contributed by atoms with E-state index in [9.17, 15) is 4.79 Å². The van der Waals surface area contributed by atoms with E-state index in [1.807, 2.05) is 42.1 Å². The average molecular weight is 487 g/mol. The number of nitrogens with zero attached hydrogens (tertiary/aromatic N) is 3. The van der Waals surface area contributed by atoms with Crippen LogP contribution in [-0.4, -0.2) is 33.0 Å². The number of hydrogen-bond donors (Lipinski definition) is 3. The first-order chi connectivity index (χ1) is 17.7. The molecule has 2 aromatic heterocycles. The minimum Gasteiger partial charge on any atom is -0.358 e. The minimum atomic E-state index is -0.343. The molecule has 3 aromatic rings. The maximum absolute atomic E-state index is 13.5. The van der Waals surface area contributed by atoms with Gasteiger partial charge in [-0.1, -0.05) is 50.3 Å². The molecular formula is C29H38N6O. The van der Waals surface area contributed by atoms with Crippen LogP contribution in [0.25, 0.3) is 5.82 Å². The lowest BCUT2D eigenvalue weighted by Crippen LogP contribution is -2.41. The van der Waals surface area contributed by atoms with Gasteiger partial charge in [-0.05, 0) is 67.3 Å². The summed E-state index contributed by atoms with van der Waals surface area (Å²) in [6.45, 7) is 3.30. The Labute approximate surface area is 214 Å². The maximum Gasteiger partial charge on any atom is 0.242 e. The van der Waals surface area contributed by atoms with Crippen molar-refractivity contribution in [2.24, 2.45) is 5.92 Å². The molecule has 1 atom stereocenters. The number of benzene rings is 1. The van der Waals surface area contributed by atoms with Crippen LogP contribution in [0.3, 0.4) is 0 Å². The van der Waals surface area contributed by atoms with Crippen molar-refractivity contribution in [1.29, 1.82) is 0 Å². The molecule has 2 aliphatic rings. The average Bonchev–Trinajstić information content (AvgIpc) is 3.60. The van der Waals surface area contributed by atoms with Crippen molar-refractivity contribution in [3.8, 4) is 5.82 Å². The number of rotatable bonds is 10. The maximum atomic E-state index is 13.5. The predicted molar refractivity (Wildman–Crippen MR) is 144 cm³/mol. The first-order valence-electron chi connectivity index (χ1n) is 13.6. The Balaban J connectivity index is 1.33. The summed E-state index contributed by atoms with van der Waals surface area (Å²) in [6, 6.07) is 12.2. The van der Waals surface area contributed by atoms with Crippen LogP contribution in [0, 0.1) is 5.92 Å². The van der Waals surface area contributed by atoms with Gasteiger partial charge in [0, 0.05) is 31.5 Å². The summed E-state index contributed by atoms with van der Waals surface area (Å²) in [5, 5.41) is 9.93. The Morgan fingerprint density at radius 1 is 1.03 bits per heavy atom. The van der Waals surface area contributed by atoms with Crippen LogP contribution < -0.4 is 16.0 Å². The first-order valence-corrected chi connectivity index (χ1v) is 13.6. The monoisotopic (exact) mass is 486 g/mol. The highest BCUT2D eigenvalue weighted by atomic mass is 16.2. The number of anilines is 2. The molecule has 0 aliphatic heterocycles. The van der Waals surface area contributed by atoms with Gasteiger partial charge in [0.2, 0.25) is 11.9 Å². The van der Waals surface area contributed by atoms with Gasteiger partial charge in [-0.25, -0.2) is 0 Å². The third kappa shape index (κ3) is 6.07. The van der Waals surface area contributed by atoms with E-state index in [0.717, 1.165) is 25.2 Å². The SMILES string of the molecule is CCNc1nc(N[C@H](CC2CCCCC2)C(=O)NCc2ccc3c(c2)CCC3)cc(-n2cccc2)n1. The molecule has 1 aromatic carbocycles. The van der Waals surface area contributed by atoms with Crippen LogP contribution in [-0.2, 0) is 24.2 Å². The molecule has 190 valence electrons. The van der Waals surface area contributed by atoms with E-state index in [-0.39, 0.29) is 11.9 Å². The van der Waals surface area contributed by atoms with E-state index < -0.39 is 0 Å². The van der Waals surface area contributed by atoms with Crippen molar-refractivity contribution >= 4 is 17.7 Å². The molecule has 0 spiro atoms. The van der Waals surface area contributed by atoms with Crippen molar-refractivity contribution in [3.63, 3.8) is 0 Å². The van der Waals surface area contributed by atoms with Crippen LogP contribution in [0.1, 0.15) is 68.6 Å². The topological polar surface area (TPSA) is 83.9 Å². The minimum absolute atomic E-state index is 0.0344. The Bertz CT molecular complexity index is 1150. The van der Waals surface area contributed by atoms with Gasteiger partial charge in [-0.2, -0.15) is 9.97 Å². The molecule has 1 fully saturated rings. The molecule has 0 bridgehead atoms. The Hall–Kier alpha value is -3.35. The fraction of sp³-hybridized carbons (Fsp3) is 0.483. The molecule has 0 radical (unpaired) electrons. The highest BCUT2D eigenvalue weighted by Gasteiger charge is 2.25. The van der Waals surface area contributed by atoms with Crippen LogP contribution in [0.5, 0.6) is 0 Å². The zero-order valence-corrected chi connectivity index (χ0v) is 21.3. The molecule has 5 rings (SSSR count). The van der Waals surface area contributed by atoms with Crippen molar-refractivity contribution < 1.29 is 4.79 Å².